The van der Waals surface area contributed by atoms with E-state index in [-0.39, 0.29) is 17.6 Å². The van der Waals surface area contributed by atoms with Crippen LogP contribution in [0.4, 0.5) is 5.69 Å². The van der Waals surface area contributed by atoms with Crippen LogP contribution in [0.1, 0.15) is 41.4 Å². The predicted molar refractivity (Wildman–Crippen MR) is 137 cm³/mol. The van der Waals surface area contributed by atoms with Crippen molar-refractivity contribution in [1.29, 1.82) is 0 Å². The third-order valence-corrected chi connectivity index (χ3v) is 7.21. The van der Waals surface area contributed by atoms with Gasteiger partial charge in [0.15, 0.2) is 17.3 Å². The van der Waals surface area contributed by atoms with E-state index in [9.17, 15) is 4.79 Å². The van der Waals surface area contributed by atoms with Crippen molar-refractivity contribution in [3.8, 4) is 11.5 Å². The Morgan fingerprint density at radius 2 is 1.69 bits per heavy atom. The second-order valence-corrected chi connectivity index (χ2v) is 9.10. The smallest absolute Gasteiger partial charge is 0.162 e. The fourth-order valence-electron chi connectivity index (χ4n) is 5.61. The van der Waals surface area contributed by atoms with Gasteiger partial charge in [0.1, 0.15) is 0 Å². The van der Waals surface area contributed by atoms with Crippen molar-refractivity contribution in [2.45, 2.75) is 24.7 Å². The first-order valence-electron chi connectivity index (χ1n) is 11.9. The molecule has 0 saturated heterocycles. The first-order valence-corrected chi connectivity index (χ1v) is 11.9. The first kappa shape index (κ1) is 21.4. The number of Topliss-reactive ketones (excluding diaryl/α,β-unsaturated/α-hetero) is 1. The van der Waals surface area contributed by atoms with Crippen molar-refractivity contribution in [3.63, 3.8) is 0 Å². The molecule has 6 rings (SSSR count). The molecule has 3 aromatic carbocycles. The number of methoxy groups -OCH3 is 2. The van der Waals surface area contributed by atoms with E-state index in [2.05, 4.69) is 34.6 Å². The summed E-state index contributed by atoms with van der Waals surface area (Å²) in [4.78, 5) is 18.4. The van der Waals surface area contributed by atoms with Crippen molar-refractivity contribution >= 4 is 22.4 Å². The van der Waals surface area contributed by atoms with Crippen LogP contribution in [0.15, 0.2) is 90.3 Å². The van der Waals surface area contributed by atoms with Gasteiger partial charge in [0.25, 0.3) is 0 Å². The van der Waals surface area contributed by atoms with Gasteiger partial charge < -0.3 is 14.8 Å². The Bertz CT molecular complexity index is 1480. The highest BCUT2D eigenvalue weighted by Crippen LogP contribution is 2.50. The molecule has 0 bridgehead atoms. The van der Waals surface area contributed by atoms with Gasteiger partial charge in [-0.15, -0.1) is 0 Å². The number of fused-ring (bicyclic) bond motifs is 3. The van der Waals surface area contributed by atoms with Gasteiger partial charge in [-0.25, -0.2) is 0 Å². The van der Waals surface area contributed by atoms with Crippen LogP contribution >= 0.6 is 0 Å². The number of rotatable bonds is 4. The maximum absolute atomic E-state index is 13.9. The number of anilines is 1. The van der Waals surface area contributed by atoms with Gasteiger partial charge in [-0.2, -0.15) is 0 Å². The van der Waals surface area contributed by atoms with E-state index >= 15 is 0 Å². The maximum Gasteiger partial charge on any atom is 0.162 e. The van der Waals surface area contributed by atoms with Crippen molar-refractivity contribution in [2.24, 2.45) is 0 Å². The molecule has 1 aliphatic heterocycles. The van der Waals surface area contributed by atoms with Crippen LogP contribution in [0.2, 0.25) is 0 Å². The molecule has 35 heavy (non-hydrogen) atoms. The Hall–Kier alpha value is -4.12. The van der Waals surface area contributed by atoms with E-state index in [0.717, 1.165) is 45.4 Å². The monoisotopic (exact) mass is 462 g/mol. The average Bonchev–Trinajstić information content (AvgIpc) is 2.91. The van der Waals surface area contributed by atoms with Gasteiger partial charge in [0.2, 0.25) is 0 Å². The molecule has 2 heterocycles. The number of carbonyl (C=O) groups is 1. The summed E-state index contributed by atoms with van der Waals surface area (Å²) in [5.74, 6) is 1.43. The van der Waals surface area contributed by atoms with E-state index in [1.54, 1.807) is 20.4 Å². The quantitative estimate of drug-likeness (QED) is 0.391. The van der Waals surface area contributed by atoms with Crippen molar-refractivity contribution < 1.29 is 14.3 Å². The van der Waals surface area contributed by atoms with Crippen molar-refractivity contribution in [3.05, 3.63) is 107 Å². The van der Waals surface area contributed by atoms with Gasteiger partial charge in [-0.3, -0.25) is 9.78 Å². The summed E-state index contributed by atoms with van der Waals surface area (Å²) in [6.45, 7) is 0. The highest BCUT2D eigenvalue weighted by atomic mass is 16.5. The number of ketones is 1. The molecular weight excluding hydrogens is 436 g/mol. The number of pyridine rings is 1. The van der Waals surface area contributed by atoms with Gasteiger partial charge >= 0.3 is 0 Å². The lowest BCUT2D eigenvalue weighted by Crippen LogP contribution is -2.30. The third-order valence-electron chi connectivity index (χ3n) is 7.21. The topological polar surface area (TPSA) is 60.5 Å². The standard InChI is InChI=1S/C30H26N2O3/c1-34-26-13-10-19(17-27(26)35-2)28-29-21-9-6-14-31-22(21)11-12-23(29)32-24-15-20(16-25(33)30(24)28)18-7-4-3-5-8-18/h3-14,17,20,28,32H,15-16H2,1-2H3/t20-,28+/m1/s1. The molecule has 4 aromatic rings. The van der Waals surface area contributed by atoms with Crippen LogP contribution < -0.4 is 14.8 Å². The fourth-order valence-corrected chi connectivity index (χ4v) is 5.61. The Kier molecular flexibility index (Phi) is 5.25. The molecule has 0 fully saturated rings. The van der Waals surface area contributed by atoms with Crippen LogP contribution in [0.5, 0.6) is 11.5 Å². The Morgan fingerprint density at radius 1 is 0.857 bits per heavy atom. The molecule has 1 aromatic heterocycles. The Balaban J connectivity index is 1.56. The highest BCUT2D eigenvalue weighted by molar-refractivity contribution is 6.04. The van der Waals surface area contributed by atoms with Crippen LogP contribution in [-0.2, 0) is 4.79 Å². The molecule has 5 heteroatoms. The van der Waals surface area contributed by atoms with Crippen LogP contribution in [0, 0.1) is 0 Å². The Morgan fingerprint density at radius 3 is 2.49 bits per heavy atom. The molecule has 0 unspecified atom stereocenters. The molecule has 0 spiro atoms. The van der Waals surface area contributed by atoms with E-state index in [1.165, 1.54) is 5.56 Å². The number of aromatic nitrogens is 1. The lowest BCUT2D eigenvalue weighted by atomic mass is 9.71. The second-order valence-electron chi connectivity index (χ2n) is 9.10. The van der Waals surface area contributed by atoms with Crippen molar-refractivity contribution in [2.75, 3.05) is 19.5 Å². The zero-order valence-electron chi connectivity index (χ0n) is 19.7. The summed E-state index contributed by atoms with van der Waals surface area (Å²) in [5.41, 5.74) is 7.05. The molecule has 1 N–H and O–H groups in total. The average molecular weight is 463 g/mol. The van der Waals surface area contributed by atoms with Gasteiger partial charge in [0, 0.05) is 40.9 Å². The molecule has 5 nitrogen and oxygen atoms in total. The fraction of sp³-hybridized carbons (Fsp3) is 0.200. The summed E-state index contributed by atoms with van der Waals surface area (Å²) in [6, 6.07) is 24.4. The first-order chi connectivity index (χ1) is 17.2. The molecular formula is C30H26N2O3. The Labute approximate surface area is 204 Å². The number of hydrogen-bond donors (Lipinski definition) is 1. The van der Waals surface area contributed by atoms with Crippen molar-refractivity contribution in [1.82, 2.24) is 4.98 Å². The minimum atomic E-state index is -0.224. The normalized spacial score (nSPS) is 19.1. The predicted octanol–water partition coefficient (Wildman–Crippen LogP) is 6.21. The van der Waals surface area contributed by atoms with Crippen LogP contribution in [0.3, 0.4) is 0 Å². The molecule has 0 saturated carbocycles. The summed E-state index contributed by atoms with van der Waals surface area (Å²) in [7, 11) is 3.27. The summed E-state index contributed by atoms with van der Waals surface area (Å²) in [6.07, 6.45) is 3.09. The number of benzene rings is 3. The van der Waals surface area contributed by atoms with Crippen LogP contribution in [-0.4, -0.2) is 25.0 Å². The number of carbonyl (C=O) groups excluding carboxylic acids is 1. The molecule has 2 aliphatic rings. The summed E-state index contributed by atoms with van der Waals surface area (Å²) >= 11 is 0. The van der Waals surface area contributed by atoms with E-state index in [1.807, 2.05) is 48.5 Å². The third kappa shape index (κ3) is 3.55. The summed E-state index contributed by atoms with van der Waals surface area (Å²) in [5, 5.41) is 4.69. The number of hydrogen-bond acceptors (Lipinski definition) is 5. The zero-order chi connectivity index (χ0) is 23.9. The number of allylic oxidation sites excluding steroid dienone is 2. The van der Waals surface area contributed by atoms with Gasteiger partial charge in [-0.05, 0) is 59.4 Å². The number of nitrogens with one attached hydrogen (secondary N) is 1. The molecule has 1 aliphatic carbocycles. The SMILES string of the molecule is COc1ccc([C@@H]2C3=C(C[C@@H](c4ccccc4)CC3=O)Nc3ccc4ncccc4c32)cc1OC. The lowest BCUT2D eigenvalue weighted by molar-refractivity contribution is -0.116. The van der Waals surface area contributed by atoms with Gasteiger partial charge in [0.05, 0.1) is 19.7 Å². The highest BCUT2D eigenvalue weighted by Gasteiger charge is 2.39. The summed E-state index contributed by atoms with van der Waals surface area (Å²) < 4.78 is 11.1. The van der Waals surface area contributed by atoms with E-state index in [4.69, 9.17) is 9.47 Å². The maximum atomic E-state index is 13.9. The van der Waals surface area contributed by atoms with Gasteiger partial charge in [-0.1, -0.05) is 42.5 Å². The minimum absolute atomic E-state index is 0.157. The second kappa shape index (κ2) is 8.58. The number of ether oxygens (including phenoxy) is 2. The largest absolute Gasteiger partial charge is 0.493 e. The molecule has 174 valence electrons. The van der Waals surface area contributed by atoms with E-state index in [0.29, 0.717) is 17.9 Å². The lowest BCUT2D eigenvalue weighted by Gasteiger charge is -2.37. The zero-order valence-corrected chi connectivity index (χ0v) is 19.7. The number of nitrogens with zero attached hydrogens (tertiary/aromatic N) is 1. The molecule has 0 amide bonds. The van der Waals surface area contributed by atoms with Crippen LogP contribution in [0.25, 0.3) is 10.9 Å². The molecule has 0 radical (unpaired) electrons. The van der Waals surface area contributed by atoms with E-state index < -0.39 is 0 Å². The minimum Gasteiger partial charge on any atom is -0.493 e. The molecule has 2 atom stereocenters.